The summed E-state index contributed by atoms with van der Waals surface area (Å²) in [6, 6.07) is 22.0. The summed E-state index contributed by atoms with van der Waals surface area (Å²) in [7, 11) is 0. The van der Waals surface area contributed by atoms with E-state index in [9.17, 15) is 0 Å². The molecular formula is C20H14Cl2N4S. The van der Waals surface area contributed by atoms with Gasteiger partial charge in [0.25, 0.3) is 0 Å². The Labute approximate surface area is 170 Å². The van der Waals surface area contributed by atoms with Gasteiger partial charge in [-0.25, -0.2) is 5.10 Å². The first-order chi connectivity index (χ1) is 13.2. The molecular weight excluding hydrogens is 399 g/mol. The van der Waals surface area contributed by atoms with E-state index < -0.39 is 0 Å². The number of hydrogen-bond acceptors (Lipinski definition) is 4. The minimum absolute atomic E-state index is 0.649. The summed E-state index contributed by atoms with van der Waals surface area (Å²) in [5.41, 5.74) is 3.32. The predicted molar refractivity (Wildman–Crippen MR) is 109 cm³/mol. The van der Waals surface area contributed by atoms with Crippen molar-refractivity contribution in [2.24, 2.45) is 0 Å². The Morgan fingerprint density at radius 3 is 2.22 bits per heavy atom. The lowest BCUT2D eigenvalue weighted by Gasteiger charge is -2.11. The van der Waals surface area contributed by atoms with Crippen molar-refractivity contribution in [3.8, 4) is 11.4 Å². The van der Waals surface area contributed by atoms with E-state index >= 15 is 0 Å². The average molecular weight is 413 g/mol. The zero-order valence-electron chi connectivity index (χ0n) is 14.1. The van der Waals surface area contributed by atoms with Crippen LogP contribution in [0.2, 0.25) is 10.0 Å². The summed E-state index contributed by atoms with van der Waals surface area (Å²) in [4.78, 5) is 2.30. The fourth-order valence-corrected chi connectivity index (χ4v) is 3.87. The normalized spacial score (nSPS) is 10.9. The molecule has 0 saturated carbocycles. The van der Waals surface area contributed by atoms with Gasteiger partial charge in [0.1, 0.15) is 0 Å². The van der Waals surface area contributed by atoms with E-state index in [0.29, 0.717) is 5.82 Å². The van der Waals surface area contributed by atoms with Gasteiger partial charge < -0.3 is 0 Å². The number of tetrazole rings is 1. The van der Waals surface area contributed by atoms with Crippen molar-refractivity contribution >= 4 is 35.0 Å². The number of hydrogen-bond donors (Lipinski definition) is 1. The summed E-state index contributed by atoms with van der Waals surface area (Å²) >= 11 is 13.7. The zero-order chi connectivity index (χ0) is 18.6. The van der Waals surface area contributed by atoms with Gasteiger partial charge in [0.15, 0.2) is 5.82 Å². The Morgan fingerprint density at radius 2 is 1.56 bits per heavy atom. The van der Waals surface area contributed by atoms with E-state index in [1.54, 1.807) is 11.8 Å². The van der Waals surface area contributed by atoms with Crippen LogP contribution < -0.4 is 0 Å². The molecule has 1 heterocycles. The molecule has 0 amide bonds. The molecule has 4 nitrogen and oxygen atoms in total. The number of nitrogens with zero attached hydrogens (tertiary/aromatic N) is 3. The fourth-order valence-electron chi connectivity index (χ4n) is 2.70. The van der Waals surface area contributed by atoms with E-state index in [1.165, 1.54) is 16.0 Å². The molecule has 1 N–H and O–H groups in total. The summed E-state index contributed by atoms with van der Waals surface area (Å²) < 4.78 is 0. The molecule has 0 aliphatic heterocycles. The maximum absolute atomic E-state index is 6.02. The second kappa shape index (κ2) is 8.13. The third kappa shape index (κ3) is 4.50. The Kier molecular flexibility index (Phi) is 5.43. The molecule has 0 radical (unpaired) electrons. The highest BCUT2D eigenvalue weighted by atomic mass is 35.5. The SMILES string of the molecule is Clc1ccc(Cc2cc(-c3nnn[nH]3)ccc2Sc2ccc(Cl)cc2)cc1. The maximum atomic E-state index is 6.02. The Bertz CT molecular complexity index is 1030. The van der Waals surface area contributed by atoms with Gasteiger partial charge in [0.2, 0.25) is 0 Å². The van der Waals surface area contributed by atoms with Crippen molar-refractivity contribution in [2.45, 2.75) is 16.2 Å². The van der Waals surface area contributed by atoms with Gasteiger partial charge in [-0.05, 0) is 82.6 Å². The molecule has 0 unspecified atom stereocenters. The van der Waals surface area contributed by atoms with E-state index in [4.69, 9.17) is 23.2 Å². The minimum Gasteiger partial charge on any atom is -0.239 e. The first-order valence-electron chi connectivity index (χ1n) is 8.22. The monoisotopic (exact) mass is 412 g/mol. The van der Waals surface area contributed by atoms with E-state index in [0.717, 1.165) is 26.9 Å². The van der Waals surface area contributed by atoms with Crippen molar-refractivity contribution in [3.05, 3.63) is 87.9 Å². The fraction of sp³-hybridized carbons (Fsp3) is 0.0500. The summed E-state index contributed by atoms with van der Waals surface area (Å²) in [6.07, 6.45) is 0.780. The number of aromatic amines is 1. The third-order valence-corrected chi connectivity index (χ3v) is 5.66. The van der Waals surface area contributed by atoms with E-state index in [-0.39, 0.29) is 0 Å². The summed E-state index contributed by atoms with van der Waals surface area (Å²) in [5, 5.41) is 15.6. The molecule has 27 heavy (non-hydrogen) atoms. The number of halogens is 2. The van der Waals surface area contributed by atoms with Crippen molar-refractivity contribution in [2.75, 3.05) is 0 Å². The second-order valence-electron chi connectivity index (χ2n) is 5.93. The lowest BCUT2D eigenvalue weighted by atomic mass is 10.0. The lowest BCUT2D eigenvalue weighted by molar-refractivity contribution is 0.881. The molecule has 4 aromatic rings. The topological polar surface area (TPSA) is 54.5 Å². The Balaban J connectivity index is 1.70. The molecule has 7 heteroatoms. The van der Waals surface area contributed by atoms with Gasteiger partial charge in [0.05, 0.1) is 0 Å². The van der Waals surface area contributed by atoms with Crippen LogP contribution in [0.25, 0.3) is 11.4 Å². The van der Waals surface area contributed by atoms with Crippen molar-refractivity contribution in [3.63, 3.8) is 0 Å². The highest BCUT2D eigenvalue weighted by Gasteiger charge is 2.10. The highest BCUT2D eigenvalue weighted by molar-refractivity contribution is 7.99. The van der Waals surface area contributed by atoms with Gasteiger partial charge >= 0.3 is 0 Å². The van der Waals surface area contributed by atoms with Crippen LogP contribution in [0.1, 0.15) is 11.1 Å². The number of nitrogens with one attached hydrogen (secondary N) is 1. The Morgan fingerprint density at radius 1 is 0.852 bits per heavy atom. The van der Waals surface area contributed by atoms with Crippen LogP contribution in [0.3, 0.4) is 0 Å². The Hall–Kier alpha value is -2.34. The number of benzene rings is 3. The van der Waals surface area contributed by atoms with Crippen LogP contribution in [-0.4, -0.2) is 20.6 Å². The highest BCUT2D eigenvalue weighted by Crippen LogP contribution is 2.34. The van der Waals surface area contributed by atoms with Crippen LogP contribution in [0, 0.1) is 0 Å². The van der Waals surface area contributed by atoms with Crippen LogP contribution in [0.5, 0.6) is 0 Å². The molecule has 0 bridgehead atoms. The molecule has 0 spiro atoms. The molecule has 134 valence electrons. The quantitative estimate of drug-likeness (QED) is 0.442. The standard InChI is InChI=1S/C20H14Cl2N4S/c21-16-4-1-13(2-5-16)11-15-12-14(20-23-25-26-24-20)3-10-19(15)27-18-8-6-17(22)7-9-18/h1-10,12H,11H2,(H,23,24,25,26). The van der Waals surface area contributed by atoms with E-state index in [1.807, 2.05) is 54.6 Å². The average Bonchev–Trinajstić information content (AvgIpc) is 3.21. The molecule has 0 aliphatic carbocycles. The number of aromatic nitrogens is 4. The molecule has 0 aliphatic rings. The molecule has 3 aromatic carbocycles. The first kappa shape index (κ1) is 18.0. The molecule has 1 aromatic heterocycles. The zero-order valence-corrected chi connectivity index (χ0v) is 16.4. The molecule has 0 fully saturated rings. The second-order valence-corrected chi connectivity index (χ2v) is 7.92. The first-order valence-corrected chi connectivity index (χ1v) is 9.79. The summed E-state index contributed by atoms with van der Waals surface area (Å²) in [6.45, 7) is 0. The minimum atomic E-state index is 0.649. The number of H-pyrrole nitrogens is 1. The van der Waals surface area contributed by atoms with Gasteiger partial charge in [0, 0.05) is 25.4 Å². The van der Waals surface area contributed by atoms with Crippen LogP contribution in [0.15, 0.2) is 76.5 Å². The van der Waals surface area contributed by atoms with Crippen LogP contribution in [0.4, 0.5) is 0 Å². The lowest BCUT2D eigenvalue weighted by Crippen LogP contribution is -1.93. The van der Waals surface area contributed by atoms with Gasteiger partial charge in [-0.3, -0.25) is 0 Å². The molecule has 4 rings (SSSR count). The molecule has 0 atom stereocenters. The largest absolute Gasteiger partial charge is 0.239 e. The van der Waals surface area contributed by atoms with Crippen molar-refractivity contribution < 1.29 is 0 Å². The van der Waals surface area contributed by atoms with Gasteiger partial charge in [-0.15, -0.1) is 5.10 Å². The van der Waals surface area contributed by atoms with Crippen LogP contribution >= 0.6 is 35.0 Å². The van der Waals surface area contributed by atoms with Crippen molar-refractivity contribution in [1.82, 2.24) is 20.6 Å². The predicted octanol–water partition coefficient (Wildman–Crippen LogP) is 5.92. The smallest absolute Gasteiger partial charge is 0.179 e. The maximum Gasteiger partial charge on any atom is 0.179 e. The number of rotatable bonds is 5. The van der Waals surface area contributed by atoms with E-state index in [2.05, 4.69) is 32.8 Å². The van der Waals surface area contributed by atoms with Gasteiger partial charge in [-0.1, -0.05) is 47.1 Å². The van der Waals surface area contributed by atoms with Crippen molar-refractivity contribution in [1.29, 1.82) is 0 Å². The molecule has 0 saturated heterocycles. The van der Waals surface area contributed by atoms with Gasteiger partial charge in [-0.2, -0.15) is 0 Å². The summed E-state index contributed by atoms with van der Waals surface area (Å²) in [5.74, 6) is 0.649. The van der Waals surface area contributed by atoms with Crippen LogP contribution in [-0.2, 0) is 6.42 Å². The third-order valence-electron chi connectivity index (χ3n) is 4.03.